The molecular formula is C28H34N2O7. The molecular weight excluding hydrogens is 476 g/mol. The number of rotatable bonds is 5. The van der Waals surface area contributed by atoms with Gasteiger partial charge in [0.15, 0.2) is 0 Å². The first kappa shape index (κ1) is 27.7. The van der Waals surface area contributed by atoms with Crippen LogP contribution in [0.3, 0.4) is 0 Å². The molecule has 0 unspecified atom stereocenters. The third kappa shape index (κ3) is 8.06. The second-order valence-electron chi connectivity index (χ2n) is 10.8. The minimum absolute atomic E-state index is 0.0189. The van der Waals surface area contributed by atoms with Crippen LogP contribution in [0.5, 0.6) is 0 Å². The number of carbonyl (C=O) groups excluding carboxylic acids is 4. The Morgan fingerprint density at radius 3 is 2.08 bits per heavy atom. The Morgan fingerprint density at radius 2 is 1.46 bits per heavy atom. The summed E-state index contributed by atoms with van der Waals surface area (Å²) >= 11 is 0. The van der Waals surface area contributed by atoms with E-state index in [2.05, 4.69) is 5.32 Å². The van der Waals surface area contributed by atoms with Gasteiger partial charge in [-0.15, -0.1) is 0 Å². The highest BCUT2D eigenvalue weighted by Gasteiger charge is 2.45. The Hall–Kier alpha value is -3.88. The predicted octanol–water partition coefficient (Wildman–Crippen LogP) is 4.82. The molecule has 2 atom stereocenters. The van der Waals surface area contributed by atoms with E-state index in [1.807, 2.05) is 6.07 Å². The fraction of sp³-hybridized carbons (Fsp3) is 0.429. The van der Waals surface area contributed by atoms with Crippen LogP contribution in [0, 0.1) is 0 Å². The van der Waals surface area contributed by atoms with E-state index >= 15 is 0 Å². The molecule has 2 amide bonds. The lowest BCUT2D eigenvalue weighted by molar-refractivity contribution is -0.160. The van der Waals surface area contributed by atoms with Gasteiger partial charge in [0.25, 0.3) is 5.91 Å². The highest BCUT2D eigenvalue weighted by molar-refractivity contribution is 6.04. The van der Waals surface area contributed by atoms with Crippen LogP contribution in [0.2, 0.25) is 0 Å². The average molecular weight is 511 g/mol. The molecule has 198 valence electrons. The van der Waals surface area contributed by atoms with Gasteiger partial charge < -0.3 is 19.5 Å². The zero-order chi connectivity index (χ0) is 27.4. The van der Waals surface area contributed by atoms with E-state index in [0.29, 0.717) is 11.3 Å². The number of hydrogen-bond acceptors (Lipinski definition) is 7. The first-order valence-electron chi connectivity index (χ1n) is 12.1. The predicted molar refractivity (Wildman–Crippen MR) is 137 cm³/mol. The number of nitrogens with one attached hydrogen (secondary N) is 1. The lowest BCUT2D eigenvalue weighted by Gasteiger charge is -2.29. The molecule has 0 radical (unpaired) electrons. The topological polar surface area (TPSA) is 111 Å². The van der Waals surface area contributed by atoms with Crippen LogP contribution in [0.1, 0.15) is 68.7 Å². The summed E-state index contributed by atoms with van der Waals surface area (Å²) in [5, 5.41) is 2.76. The largest absolute Gasteiger partial charge is 0.458 e. The summed E-state index contributed by atoms with van der Waals surface area (Å²) in [4.78, 5) is 52.3. The fourth-order valence-electron chi connectivity index (χ4n) is 3.73. The van der Waals surface area contributed by atoms with Crippen molar-refractivity contribution in [1.82, 2.24) is 4.90 Å². The normalized spacial score (nSPS) is 17.6. The molecule has 0 aromatic heterocycles. The quantitative estimate of drug-likeness (QED) is 0.454. The Labute approximate surface area is 217 Å². The Morgan fingerprint density at radius 1 is 0.838 bits per heavy atom. The van der Waals surface area contributed by atoms with Gasteiger partial charge in [0.1, 0.15) is 23.3 Å². The molecule has 1 aliphatic heterocycles. The van der Waals surface area contributed by atoms with E-state index in [1.54, 1.807) is 84.0 Å². The van der Waals surface area contributed by atoms with Crippen LogP contribution in [-0.4, -0.2) is 58.7 Å². The summed E-state index contributed by atoms with van der Waals surface area (Å²) in [6.07, 6.45) is -1.36. The van der Waals surface area contributed by atoms with Crippen LogP contribution in [-0.2, 0) is 19.0 Å². The van der Waals surface area contributed by atoms with Gasteiger partial charge in [0.2, 0.25) is 0 Å². The van der Waals surface area contributed by atoms with E-state index in [1.165, 1.54) is 11.0 Å². The number of ether oxygens (including phenoxy) is 3. The van der Waals surface area contributed by atoms with Crippen molar-refractivity contribution in [2.45, 2.75) is 71.3 Å². The van der Waals surface area contributed by atoms with Crippen molar-refractivity contribution in [1.29, 1.82) is 0 Å². The minimum atomic E-state index is -0.955. The molecule has 9 nitrogen and oxygen atoms in total. The van der Waals surface area contributed by atoms with Crippen molar-refractivity contribution >= 4 is 29.6 Å². The van der Waals surface area contributed by atoms with Crippen molar-refractivity contribution in [3.05, 3.63) is 65.7 Å². The summed E-state index contributed by atoms with van der Waals surface area (Å²) in [6, 6.07) is 14.1. The van der Waals surface area contributed by atoms with Crippen molar-refractivity contribution in [3.8, 4) is 0 Å². The average Bonchev–Trinajstić information content (AvgIpc) is 3.22. The number of anilines is 1. The Bertz CT molecular complexity index is 1110. The van der Waals surface area contributed by atoms with Crippen molar-refractivity contribution in [3.63, 3.8) is 0 Å². The van der Waals surface area contributed by atoms with Gasteiger partial charge in [-0.05, 0) is 71.9 Å². The van der Waals surface area contributed by atoms with Gasteiger partial charge in [-0.25, -0.2) is 14.4 Å². The molecule has 9 heteroatoms. The van der Waals surface area contributed by atoms with Gasteiger partial charge in [0, 0.05) is 17.7 Å². The maximum Gasteiger partial charge on any atom is 0.411 e. The fourth-order valence-corrected chi connectivity index (χ4v) is 3.73. The van der Waals surface area contributed by atoms with Gasteiger partial charge in [-0.3, -0.25) is 9.69 Å². The van der Waals surface area contributed by atoms with Crippen molar-refractivity contribution in [2.24, 2.45) is 0 Å². The number of amides is 2. The molecule has 0 bridgehead atoms. The molecule has 0 aliphatic carbocycles. The maximum absolute atomic E-state index is 12.9. The van der Waals surface area contributed by atoms with Crippen LogP contribution in [0.4, 0.5) is 10.5 Å². The zero-order valence-electron chi connectivity index (χ0n) is 22.1. The molecule has 0 spiro atoms. The third-order valence-electron chi connectivity index (χ3n) is 5.24. The van der Waals surface area contributed by atoms with E-state index in [9.17, 15) is 19.2 Å². The lowest BCUT2D eigenvalue weighted by Crippen LogP contribution is -2.45. The molecule has 1 aliphatic rings. The number of likely N-dealkylation sites (tertiary alicyclic amines) is 1. The first-order valence-corrected chi connectivity index (χ1v) is 12.1. The van der Waals surface area contributed by atoms with Crippen LogP contribution < -0.4 is 5.32 Å². The Kier molecular flexibility index (Phi) is 8.25. The standard InChI is InChI=1S/C28H34N2O7/c1-27(2,3)36-25(33)22-16-21(17-30(22)26(34)37-28(4,5)6)35-24(32)19-13-10-14-20(15-19)29-23(31)18-11-8-7-9-12-18/h7-15,21-22H,16-17H2,1-6H3,(H,29,31)/t21-,22-/m0/s1. The monoisotopic (exact) mass is 510 g/mol. The minimum Gasteiger partial charge on any atom is -0.458 e. The summed E-state index contributed by atoms with van der Waals surface area (Å²) in [6.45, 7) is 10.4. The molecule has 2 aromatic carbocycles. The molecule has 2 aromatic rings. The molecule has 37 heavy (non-hydrogen) atoms. The number of hydrogen-bond donors (Lipinski definition) is 1. The molecule has 0 saturated carbocycles. The molecule has 1 heterocycles. The number of nitrogens with zero attached hydrogens (tertiary/aromatic N) is 1. The lowest BCUT2D eigenvalue weighted by atomic mass is 10.1. The smallest absolute Gasteiger partial charge is 0.411 e. The van der Waals surface area contributed by atoms with Gasteiger partial charge in [-0.2, -0.15) is 0 Å². The number of esters is 2. The van der Waals surface area contributed by atoms with E-state index in [0.717, 1.165) is 0 Å². The third-order valence-corrected chi connectivity index (χ3v) is 5.24. The van der Waals surface area contributed by atoms with Crippen LogP contribution in [0.15, 0.2) is 54.6 Å². The highest BCUT2D eigenvalue weighted by atomic mass is 16.6. The second kappa shape index (κ2) is 11.0. The highest BCUT2D eigenvalue weighted by Crippen LogP contribution is 2.27. The number of carbonyl (C=O) groups is 4. The first-order chi connectivity index (χ1) is 17.2. The van der Waals surface area contributed by atoms with Gasteiger partial charge >= 0.3 is 18.0 Å². The van der Waals surface area contributed by atoms with E-state index in [-0.39, 0.29) is 24.4 Å². The summed E-state index contributed by atoms with van der Waals surface area (Å²) < 4.78 is 16.6. The van der Waals surface area contributed by atoms with E-state index < -0.39 is 41.4 Å². The molecule has 1 N–H and O–H groups in total. The summed E-state index contributed by atoms with van der Waals surface area (Å²) in [5.74, 6) is -1.55. The number of benzene rings is 2. The maximum atomic E-state index is 12.9. The Balaban J connectivity index is 1.71. The van der Waals surface area contributed by atoms with Crippen LogP contribution in [0.25, 0.3) is 0 Å². The van der Waals surface area contributed by atoms with Gasteiger partial charge in [-0.1, -0.05) is 24.3 Å². The second-order valence-corrected chi connectivity index (χ2v) is 10.8. The molecule has 1 fully saturated rings. The molecule has 1 saturated heterocycles. The van der Waals surface area contributed by atoms with Crippen molar-refractivity contribution in [2.75, 3.05) is 11.9 Å². The van der Waals surface area contributed by atoms with Gasteiger partial charge in [0.05, 0.1) is 12.1 Å². The summed E-state index contributed by atoms with van der Waals surface area (Å²) in [5.41, 5.74) is -0.394. The zero-order valence-corrected chi connectivity index (χ0v) is 22.1. The van der Waals surface area contributed by atoms with E-state index in [4.69, 9.17) is 14.2 Å². The molecule has 3 rings (SSSR count). The SMILES string of the molecule is CC(C)(C)OC(=O)[C@@H]1C[C@H](OC(=O)c2cccc(NC(=O)c3ccccc3)c2)CN1C(=O)OC(C)(C)C. The summed E-state index contributed by atoms with van der Waals surface area (Å²) in [7, 11) is 0. The van der Waals surface area contributed by atoms with Crippen LogP contribution >= 0.6 is 0 Å². The van der Waals surface area contributed by atoms with Crippen molar-refractivity contribution < 1.29 is 33.4 Å².